The van der Waals surface area contributed by atoms with Gasteiger partial charge in [0, 0.05) is 0 Å². The lowest BCUT2D eigenvalue weighted by Gasteiger charge is -2.39. The molecular formula is C11H23ClO. The molecule has 13 heavy (non-hydrogen) atoms. The van der Waals surface area contributed by atoms with Crippen LogP contribution in [0.15, 0.2) is 0 Å². The molecule has 0 aromatic heterocycles. The molecule has 0 aliphatic rings. The summed E-state index contributed by atoms with van der Waals surface area (Å²) in [7, 11) is 0. The number of halogens is 1. The maximum atomic E-state index is 5.62. The van der Waals surface area contributed by atoms with E-state index in [1.807, 2.05) is 0 Å². The fourth-order valence-electron chi connectivity index (χ4n) is 1.66. The predicted octanol–water partition coefficient (Wildman–Crippen LogP) is 4.25. The first kappa shape index (κ1) is 13.2. The molecule has 0 aromatic carbocycles. The Hall–Kier alpha value is 0.250. The molecule has 0 aromatic rings. The smallest absolute Gasteiger partial charge is 0.0922 e. The second-order valence-electron chi connectivity index (χ2n) is 4.60. The first-order chi connectivity index (χ1) is 5.90. The van der Waals surface area contributed by atoms with Crippen LogP contribution in [0.1, 0.15) is 48.0 Å². The number of hydrogen-bond acceptors (Lipinski definition) is 1. The first-order valence-corrected chi connectivity index (χ1v) is 5.50. The van der Waals surface area contributed by atoms with E-state index >= 15 is 0 Å². The minimum Gasteiger partial charge on any atom is -0.272 e. The molecule has 0 rings (SSSR count). The molecule has 0 amide bonds. The minimum atomic E-state index is -0.204. The largest absolute Gasteiger partial charge is 0.272 e. The molecule has 0 fully saturated rings. The SMILES string of the molecule is CCC(C)C(C)(OCl)C(C)C(C)C. The van der Waals surface area contributed by atoms with Crippen LogP contribution in [0.25, 0.3) is 0 Å². The van der Waals surface area contributed by atoms with E-state index in [2.05, 4.69) is 41.5 Å². The minimum absolute atomic E-state index is 0.204. The highest BCUT2D eigenvalue weighted by molar-refractivity contribution is 6.07. The predicted molar refractivity (Wildman–Crippen MR) is 58.8 cm³/mol. The average Bonchev–Trinajstić information content (AvgIpc) is 2.13. The van der Waals surface area contributed by atoms with Crippen molar-refractivity contribution in [3.05, 3.63) is 0 Å². The maximum absolute atomic E-state index is 5.62. The normalized spacial score (nSPS) is 21.2. The van der Waals surface area contributed by atoms with E-state index in [0.717, 1.165) is 6.42 Å². The quantitative estimate of drug-likeness (QED) is 0.654. The molecule has 0 aliphatic carbocycles. The highest BCUT2D eigenvalue weighted by Gasteiger charge is 2.38. The van der Waals surface area contributed by atoms with E-state index in [9.17, 15) is 0 Å². The summed E-state index contributed by atoms with van der Waals surface area (Å²) in [4.78, 5) is 0. The van der Waals surface area contributed by atoms with E-state index in [1.54, 1.807) is 0 Å². The molecule has 2 heteroatoms. The van der Waals surface area contributed by atoms with Gasteiger partial charge in [0.05, 0.1) is 17.5 Å². The van der Waals surface area contributed by atoms with Gasteiger partial charge in [-0.2, -0.15) is 0 Å². The lowest BCUT2D eigenvalue weighted by molar-refractivity contribution is -0.0278. The Balaban J connectivity index is 4.61. The molecule has 0 saturated heterocycles. The molecule has 0 N–H and O–H groups in total. The van der Waals surface area contributed by atoms with Gasteiger partial charge in [-0.05, 0) is 24.7 Å². The van der Waals surface area contributed by atoms with Crippen LogP contribution in [0.3, 0.4) is 0 Å². The summed E-state index contributed by atoms with van der Waals surface area (Å²) in [5.41, 5.74) is -0.204. The first-order valence-electron chi connectivity index (χ1n) is 5.19. The third-order valence-corrected chi connectivity index (χ3v) is 3.99. The Morgan fingerprint density at radius 1 is 1.23 bits per heavy atom. The number of hydrogen-bond donors (Lipinski definition) is 0. The van der Waals surface area contributed by atoms with Crippen LogP contribution in [-0.4, -0.2) is 5.60 Å². The Kier molecular flexibility index (Phi) is 5.31. The van der Waals surface area contributed by atoms with Crippen molar-refractivity contribution in [3.63, 3.8) is 0 Å². The van der Waals surface area contributed by atoms with Crippen molar-refractivity contribution < 1.29 is 4.29 Å². The summed E-state index contributed by atoms with van der Waals surface area (Å²) in [6.45, 7) is 13.1. The molecular weight excluding hydrogens is 184 g/mol. The van der Waals surface area contributed by atoms with Crippen LogP contribution in [0.5, 0.6) is 0 Å². The standard InChI is InChI=1S/C11H23ClO/c1-7-9(4)11(6,13-12)10(5)8(2)3/h8-10H,7H2,1-6H3. The third kappa shape index (κ3) is 2.85. The van der Waals surface area contributed by atoms with Crippen molar-refractivity contribution in [2.75, 3.05) is 0 Å². The molecule has 3 atom stereocenters. The zero-order valence-corrected chi connectivity index (χ0v) is 10.5. The second-order valence-corrected chi connectivity index (χ2v) is 4.76. The van der Waals surface area contributed by atoms with Gasteiger partial charge in [-0.25, -0.2) is 0 Å². The van der Waals surface area contributed by atoms with Crippen LogP contribution >= 0.6 is 11.9 Å². The Morgan fingerprint density at radius 2 is 1.69 bits per heavy atom. The van der Waals surface area contributed by atoms with Crippen LogP contribution in [0.4, 0.5) is 0 Å². The van der Waals surface area contributed by atoms with Crippen molar-refractivity contribution in [2.45, 2.75) is 53.6 Å². The highest BCUT2D eigenvalue weighted by atomic mass is 35.5. The maximum Gasteiger partial charge on any atom is 0.0922 e. The van der Waals surface area contributed by atoms with E-state index < -0.39 is 0 Å². The molecule has 1 nitrogen and oxygen atoms in total. The molecule has 0 spiro atoms. The molecule has 0 heterocycles. The summed E-state index contributed by atoms with van der Waals surface area (Å²) in [5, 5.41) is 0. The molecule has 0 saturated carbocycles. The van der Waals surface area contributed by atoms with Crippen LogP contribution in [0, 0.1) is 17.8 Å². The van der Waals surface area contributed by atoms with Crippen molar-refractivity contribution in [1.29, 1.82) is 0 Å². The summed E-state index contributed by atoms with van der Waals surface area (Å²) in [5.74, 6) is 1.56. The van der Waals surface area contributed by atoms with E-state index in [0.29, 0.717) is 17.8 Å². The third-order valence-electron chi connectivity index (χ3n) is 3.66. The number of rotatable bonds is 5. The molecule has 80 valence electrons. The van der Waals surface area contributed by atoms with Crippen LogP contribution in [0.2, 0.25) is 0 Å². The van der Waals surface area contributed by atoms with E-state index in [4.69, 9.17) is 16.2 Å². The summed E-state index contributed by atoms with van der Waals surface area (Å²) in [6, 6.07) is 0. The zero-order chi connectivity index (χ0) is 10.6. The Morgan fingerprint density at radius 3 is 1.92 bits per heavy atom. The van der Waals surface area contributed by atoms with Crippen molar-refractivity contribution in [2.24, 2.45) is 17.8 Å². The highest BCUT2D eigenvalue weighted by Crippen LogP contribution is 2.37. The summed E-state index contributed by atoms with van der Waals surface area (Å²) < 4.78 is 5.19. The second kappa shape index (κ2) is 5.21. The fourth-order valence-corrected chi connectivity index (χ4v) is 1.95. The van der Waals surface area contributed by atoms with Gasteiger partial charge in [0.2, 0.25) is 0 Å². The van der Waals surface area contributed by atoms with Crippen LogP contribution in [-0.2, 0) is 4.29 Å². The van der Waals surface area contributed by atoms with Gasteiger partial charge in [0.1, 0.15) is 0 Å². The van der Waals surface area contributed by atoms with Gasteiger partial charge in [-0.3, -0.25) is 4.29 Å². The molecule has 0 bridgehead atoms. The van der Waals surface area contributed by atoms with Crippen molar-refractivity contribution >= 4 is 11.9 Å². The Labute approximate surface area is 88.0 Å². The molecule has 3 unspecified atom stereocenters. The summed E-state index contributed by atoms with van der Waals surface area (Å²) in [6.07, 6.45) is 1.10. The monoisotopic (exact) mass is 206 g/mol. The van der Waals surface area contributed by atoms with Gasteiger partial charge >= 0.3 is 0 Å². The molecule has 0 radical (unpaired) electrons. The fraction of sp³-hybridized carbons (Fsp3) is 1.00. The zero-order valence-electron chi connectivity index (χ0n) is 9.73. The van der Waals surface area contributed by atoms with E-state index in [-0.39, 0.29) is 5.60 Å². The van der Waals surface area contributed by atoms with E-state index in [1.165, 1.54) is 0 Å². The van der Waals surface area contributed by atoms with Gasteiger partial charge in [0.25, 0.3) is 0 Å². The van der Waals surface area contributed by atoms with Gasteiger partial charge < -0.3 is 0 Å². The average molecular weight is 207 g/mol. The van der Waals surface area contributed by atoms with Gasteiger partial charge in [-0.1, -0.05) is 41.0 Å². The lowest BCUT2D eigenvalue weighted by atomic mass is 9.74. The Bertz CT molecular complexity index is 147. The van der Waals surface area contributed by atoms with Crippen LogP contribution < -0.4 is 0 Å². The van der Waals surface area contributed by atoms with Gasteiger partial charge in [-0.15, -0.1) is 0 Å². The van der Waals surface area contributed by atoms with Gasteiger partial charge in [0.15, 0.2) is 0 Å². The lowest BCUT2D eigenvalue weighted by Crippen LogP contribution is -2.42. The van der Waals surface area contributed by atoms with Crippen molar-refractivity contribution in [3.8, 4) is 0 Å². The van der Waals surface area contributed by atoms with Crippen molar-refractivity contribution in [1.82, 2.24) is 0 Å². The molecule has 0 aliphatic heterocycles. The summed E-state index contributed by atoms with van der Waals surface area (Å²) >= 11 is 5.62. The topological polar surface area (TPSA) is 9.23 Å².